The zero-order valence-electron chi connectivity index (χ0n) is 15.1. The van der Waals surface area contributed by atoms with Crippen LogP contribution in [0.5, 0.6) is 0 Å². The van der Waals surface area contributed by atoms with Gasteiger partial charge in [-0.15, -0.1) is 0 Å². The number of morpholine rings is 1. The first-order chi connectivity index (χ1) is 12.5. The molecule has 1 aromatic carbocycles. The summed E-state index contributed by atoms with van der Waals surface area (Å²) >= 11 is 1.82. The van der Waals surface area contributed by atoms with Gasteiger partial charge in [-0.05, 0) is 31.2 Å². The van der Waals surface area contributed by atoms with Gasteiger partial charge in [-0.25, -0.2) is 8.42 Å². The van der Waals surface area contributed by atoms with E-state index in [-0.39, 0.29) is 16.7 Å². The van der Waals surface area contributed by atoms with E-state index in [4.69, 9.17) is 4.74 Å². The van der Waals surface area contributed by atoms with Crippen LogP contribution < -0.4 is 0 Å². The van der Waals surface area contributed by atoms with Crippen LogP contribution in [-0.2, 0) is 14.8 Å². The first-order valence-corrected chi connectivity index (χ1v) is 11.6. The summed E-state index contributed by atoms with van der Waals surface area (Å²) in [6, 6.07) is 6.33. The SMILES string of the molecule is CC(=O)c1cccc(S(=O)(=O)N2CCCSCC2CN2CCOCC2)c1. The lowest BCUT2D eigenvalue weighted by Crippen LogP contribution is -2.50. The van der Waals surface area contributed by atoms with Crippen molar-refractivity contribution in [2.24, 2.45) is 0 Å². The summed E-state index contributed by atoms with van der Waals surface area (Å²) in [6.07, 6.45) is 0.843. The molecule has 2 heterocycles. The molecule has 1 unspecified atom stereocenters. The van der Waals surface area contributed by atoms with E-state index in [1.807, 2.05) is 11.8 Å². The topological polar surface area (TPSA) is 66.9 Å². The van der Waals surface area contributed by atoms with Crippen LogP contribution >= 0.6 is 11.8 Å². The predicted molar refractivity (Wildman–Crippen MR) is 103 cm³/mol. The van der Waals surface area contributed by atoms with Crippen LogP contribution in [0.3, 0.4) is 0 Å². The average Bonchev–Trinajstić information content (AvgIpc) is 2.88. The highest BCUT2D eigenvalue weighted by molar-refractivity contribution is 7.99. The minimum absolute atomic E-state index is 0.0633. The lowest BCUT2D eigenvalue weighted by Gasteiger charge is -2.35. The molecule has 2 aliphatic heterocycles. The number of ether oxygens (including phenoxy) is 1. The lowest BCUT2D eigenvalue weighted by molar-refractivity contribution is 0.0309. The highest BCUT2D eigenvalue weighted by Gasteiger charge is 2.34. The Labute approximate surface area is 159 Å². The molecule has 0 spiro atoms. The van der Waals surface area contributed by atoms with Gasteiger partial charge in [0.1, 0.15) is 0 Å². The third-order valence-electron chi connectivity index (χ3n) is 4.80. The van der Waals surface area contributed by atoms with Crippen molar-refractivity contribution in [2.45, 2.75) is 24.3 Å². The van der Waals surface area contributed by atoms with E-state index < -0.39 is 10.0 Å². The largest absolute Gasteiger partial charge is 0.379 e. The second kappa shape index (κ2) is 8.84. The molecule has 3 rings (SSSR count). The van der Waals surface area contributed by atoms with E-state index in [1.165, 1.54) is 13.0 Å². The number of ketones is 1. The van der Waals surface area contributed by atoms with Crippen molar-refractivity contribution >= 4 is 27.6 Å². The van der Waals surface area contributed by atoms with Crippen molar-refractivity contribution in [3.05, 3.63) is 29.8 Å². The molecule has 1 aromatic rings. The Hall–Kier alpha value is -0.930. The van der Waals surface area contributed by atoms with E-state index in [0.717, 1.165) is 37.6 Å². The molecule has 2 fully saturated rings. The fraction of sp³-hybridized carbons (Fsp3) is 0.611. The Balaban J connectivity index is 1.86. The number of nitrogens with zero attached hydrogens (tertiary/aromatic N) is 2. The first kappa shape index (κ1) is 19.8. The molecule has 1 atom stereocenters. The third kappa shape index (κ3) is 4.67. The fourth-order valence-corrected chi connectivity index (χ4v) is 6.21. The smallest absolute Gasteiger partial charge is 0.243 e. The minimum atomic E-state index is -3.63. The van der Waals surface area contributed by atoms with Crippen molar-refractivity contribution < 1.29 is 17.9 Å². The molecule has 26 heavy (non-hydrogen) atoms. The molecule has 8 heteroatoms. The number of hydrogen-bond donors (Lipinski definition) is 0. The Kier molecular flexibility index (Phi) is 6.74. The van der Waals surface area contributed by atoms with Gasteiger partial charge in [0.25, 0.3) is 0 Å². The van der Waals surface area contributed by atoms with Gasteiger partial charge < -0.3 is 4.74 Å². The van der Waals surface area contributed by atoms with Crippen LogP contribution in [0.25, 0.3) is 0 Å². The van der Waals surface area contributed by atoms with Gasteiger partial charge >= 0.3 is 0 Å². The van der Waals surface area contributed by atoms with Gasteiger partial charge in [-0.1, -0.05) is 12.1 Å². The first-order valence-electron chi connectivity index (χ1n) is 8.99. The van der Waals surface area contributed by atoms with E-state index in [2.05, 4.69) is 4.90 Å². The monoisotopic (exact) mass is 398 g/mol. The summed E-state index contributed by atoms with van der Waals surface area (Å²) in [7, 11) is -3.63. The molecule has 0 bridgehead atoms. The molecule has 0 N–H and O–H groups in total. The van der Waals surface area contributed by atoms with Gasteiger partial charge in [0.15, 0.2) is 5.78 Å². The van der Waals surface area contributed by atoms with E-state index in [0.29, 0.717) is 25.3 Å². The molecule has 0 aromatic heterocycles. The predicted octanol–water partition coefficient (Wildman–Crippen LogP) is 1.72. The Morgan fingerprint density at radius 2 is 2.04 bits per heavy atom. The zero-order valence-corrected chi connectivity index (χ0v) is 16.7. The quantitative estimate of drug-likeness (QED) is 0.704. The van der Waals surface area contributed by atoms with Gasteiger partial charge in [-0.2, -0.15) is 16.1 Å². The van der Waals surface area contributed by atoms with Crippen molar-refractivity contribution in [1.82, 2.24) is 9.21 Å². The maximum absolute atomic E-state index is 13.3. The van der Waals surface area contributed by atoms with Crippen LogP contribution in [0.4, 0.5) is 0 Å². The number of Topliss-reactive ketones (excluding diaryl/α,β-unsaturated/α-hetero) is 1. The lowest BCUT2D eigenvalue weighted by atomic mass is 10.2. The average molecular weight is 399 g/mol. The molecule has 0 aliphatic carbocycles. The number of rotatable bonds is 5. The second-order valence-corrected chi connectivity index (χ2v) is 9.74. The molecule has 2 saturated heterocycles. The number of hydrogen-bond acceptors (Lipinski definition) is 6. The fourth-order valence-electron chi connectivity index (χ4n) is 3.36. The van der Waals surface area contributed by atoms with Crippen molar-refractivity contribution in [3.63, 3.8) is 0 Å². The summed E-state index contributed by atoms with van der Waals surface area (Å²) in [5.74, 6) is 1.64. The van der Waals surface area contributed by atoms with Crippen molar-refractivity contribution in [1.29, 1.82) is 0 Å². The standard InChI is InChI=1S/C18H26N2O4S2/c1-15(21)16-4-2-5-18(12-16)26(22,23)20-6-3-11-25-14-17(20)13-19-7-9-24-10-8-19/h2,4-5,12,17H,3,6-11,13-14H2,1H3. The Morgan fingerprint density at radius 3 is 2.77 bits per heavy atom. The van der Waals surface area contributed by atoms with Crippen LogP contribution in [0, 0.1) is 0 Å². The Bertz CT molecular complexity index is 732. The summed E-state index contributed by atoms with van der Waals surface area (Å²) in [4.78, 5) is 14.2. The molecule has 0 saturated carbocycles. The molecule has 2 aliphatic rings. The van der Waals surface area contributed by atoms with Gasteiger partial charge in [-0.3, -0.25) is 9.69 Å². The minimum Gasteiger partial charge on any atom is -0.379 e. The molecule has 6 nitrogen and oxygen atoms in total. The normalized spacial score (nSPS) is 23.5. The van der Waals surface area contributed by atoms with Crippen molar-refractivity contribution in [3.8, 4) is 0 Å². The maximum Gasteiger partial charge on any atom is 0.243 e. The van der Waals surface area contributed by atoms with Crippen LogP contribution in [0.2, 0.25) is 0 Å². The molecule has 0 radical (unpaired) electrons. The van der Waals surface area contributed by atoms with Crippen LogP contribution in [-0.4, -0.2) is 80.3 Å². The number of carbonyl (C=O) groups excluding carboxylic acids is 1. The van der Waals surface area contributed by atoms with Crippen LogP contribution in [0.15, 0.2) is 29.2 Å². The molecular formula is C18H26N2O4S2. The summed E-state index contributed by atoms with van der Waals surface area (Å²) < 4.78 is 33.7. The van der Waals surface area contributed by atoms with Crippen molar-refractivity contribution in [2.75, 3.05) is 50.9 Å². The number of benzene rings is 1. The Morgan fingerprint density at radius 1 is 1.27 bits per heavy atom. The zero-order chi connectivity index (χ0) is 18.6. The van der Waals surface area contributed by atoms with E-state index in [1.54, 1.807) is 22.5 Å². The number of sulfonamides is 1. The molecule has 0 amide bonds. The van der Waals surface area contributed by atoms with Gasteiger partial charge in [0, 0.05) is 43.5 Å². The molecular weight excluding hydrogens is 372 g/mol. The highest BCUT2D eigenvalue weighted by atomic mass is 32.2. The number of thioether (sulfide) groups is 1. The van der Waals surface area contributed by atoms with E-state index >= 15 is 0 Å². The third-order valence-corrected chi connectivity index (χ3v) is 7.95. The summed E-state index contributed by atoms with van der Waals surface area (Å²) in [5, 5.41) is 0. The summed E-state index contributed by atoms with van der Waals surface area (Å²) in [5.41, 5.74) is 0.431. The maximum atomic E-state index is 13.3. The highest BCUT2D eigenvalue weighted by Crippen LogP contribution is 2.25. The van der Waals surface area contributed by atoms with Gasteiger partial charge in [0.2, 0.25) is 10.0 Å². The second-order valence-electron chi connectivity index (χ2n) is 6.70. The molecule has 144 valence electrons. The van der Waals surface area contributed by atoms with Gasteiger partial charge in [0.05, 0.1) is 18.1 Å². The van der Waals surface area contributed by atoms with E-state index in [9.17, 15) is 13.2 Å². The number of carbonyl (C=O) groups is 1. The van der Waals surface area contributed by atoms with Crippen LogP contribution in [0.1, 0.15) is 23.7 Å². The summed E-state index contributed by atoms with van der Waals surface area (Å²) in [6.45, 7) is 5.79.